The molecule has 0 spiro atoms. The Labute approximate surface area is 88.7 Å². The van der Waals surface area contributed by atoms with E-state index in [0.717, 1.165) is 5.69 Å². The van der Waals surface area contributed by atoms with Gasteiger partial charge in [0.25, 0.3) is 0 Å². The minimum Gasteiger partial charge on any atom is -0.370 e. The second-order valence-electron chi connectivity index (χ2n) is 3.49. The van der Waals surface area contributed by atoms with Crippen LogP contribution in [0.3, 0.4) is 0 Å². The molecule has 1 amide bonds. The minimum absolute atomic E-state index is 0.0894. The Morgan fingerprint density at radius 1 is 1.40 bits per heavy atom. The van der Waals surface area contributed by atoms with Crippen molar-refractivity contribution in [1.29, 1.82) is 0 Å². The maximum absolute atomic E-state index is 11.0. The molecule has 80 valence electrons. The number of rotatable bonds is 5. The zero-order valence-corrected chi connectivity index (χ0v) is 8.77. The third kappa shape index (κ3) is 3.89. The molecule has 0 aliphatic rings. The van der Waals surface area contributed by atoms with Crippen LogP contribution in [0.2, 0.25) is 0 Å². The minimum atomic E-state index is -0.326. The summed E-state index contributed by atoms with van der Waals surface area (Å²) in [6.07, 6.45) is 2.71. The van der Waals surface area contributed by atoms with Gasteiger partial charge in [-0.05, 0) is 0 Å². The first-order valence-corrected chi connectivity index (χ1v) is 4.84. The summed E-state index contributed by atoms with van der Waals surface area (Å²) in [5.74, 6) is -0.236. The molecule has 0 saturated heterocycles. The Morgan fingerprint density at radius 3 is 2.73 bits per heavy atom. The van der Waals surface area contributed by atoms with E-state index >= 15 is 0 Å². The van der Waals surface area contributed by atoms with Crippen LogP contribution < -0.4 is 10.3 Å². The number of aryl methyl sites for hydroxylation is 1. The zero-order chi connectivity index (χ0) is 11.3. The molecule has 0 aliphatic heterocycles. The van der Waals surface area contributed by atoms with Crippen LogP contribution in [0, 0.1) is 0 Å². The van der Waals surface area contributed by atoms with Gasteiger partial charge in [-0.2, -0.15) is 4.57 Å². The van der Waals surface area contributed by atoms with Crippen LogP contribution in [0.5, 0.6) is 0 Å². The lowest BCUT2D eigenvalue weighted by atomic mass is 10.2. The maximum Gasteiger partial charge on any atom is 0.217 e. The van der Waals surface area contributed by atoms with Gasteiger partial charge >= 0.3 is 0 Å². The SMILES string of the molecule is CC(=O)C[n+]1ccccc1CCC(N)=O. The number of Topliss-reactive ketones (excluding diaryl/α,β-unsaturated/α-hetero) is 1. The fourth-order valence-electron chi connectivity index (χ4n) is 1.38. The average Bonchev–Trinajstić information content (AvgIpc) is 2.15. The lowest BCUT2D eigenvalue weighted by molar-refractivity contribution is -0.691. The van der Waals surface area contributed by atoms with Crippen molar-refractivity contribution in [3.05, 3.63) is 30.1 Å². The molecule has 2 N–H and O–H groups in total. The van der Waals surface area contributed by atoms with Crippen molar-refractivity contribution in [1.82, 2.24) is 0 Å². The van der Waals surface area contributed by atoms with E-state index in [1.165, 1.54) is 6.92 Å². The van der Waals surface area contributed by atoms with Crippen molar-refractivity contribution in [2.45, 2.75) is 26.3 Å². The summed E-state index contributed by atoms with van der Waals surface area (Å²) in [5.41, 5.74) is 6.03. The Balaban J connectivity index is 2.76. The van der Waals surface area contributed by atoms with Gasteiger partial charge in [0.15, 0.2) is 17.7 Å². The number of carbonyl (C=O) groups is 2. The third-order valence-corrected chi connectivity index (χ3v) is 2.06. The highest BCUT2D eigenvalue weighted by Crippen LogP contribution is 1.96. The third-order valence-electron chi connectivity index (χ3n) is 2.06. The normalized spacial score (nSPS) is 9.93. The van der Waals surface area contributed by atoms with Gasteiger partial charge in [0, 0.05) is 31.9 Å². The number of nitrogens with zero attached hydrogens (tertiary/aromatic N) is 1. The molecular weight excluding hydrogens is 192 g/mol. The van der Waals surface area contributed by atoms with Crippen LogP contribution in [-0.4, -0.2) is 11.7 Å². The predicted molar refractivity (Wildman–Crippen MR) is 54.8 cm³/mol. The fourth-order valence-corrected chi connectivity index (χ4v) is 1.38. The van der Waals surface area contributed by atoms with E-state index in [4.69, 9.17) is 5.73 Å². The lowest BCUT2D eigenvalue weighted by Crippen LogP contribution is -2.41. The number of ketones is 1. The van der Waals surface area contributed by atoms with E-state index < -0.39 is 0 Å². The summed E-state index contributed by atoms with van der Waals surface area (Å²) in [5, 5.41) is 0. The summed E-state index contributed by atoms with van der Waals surface area (Å²) in [6, 6.07) is 5.63. The highest BCUT2D eigenvalue weighted by atomic mass is 16.1. The molecule has 1 rings (SSSR count). The first-order valence-electron chi connectivity index (χ1n) is 4.84. The largest absolute Gasteiger partial charge is 0.370 e. The van der Waals surface area contributed by atoms with Gasteiger partial charge in [0.05, 0.1) is 0 Å². The van der Waals surface area contributed by atoms with Crippen molar-refractivity contribution in [2.24, 2.45) is 5.73 Å². The number of pyridine rings is 1. The van der Waals surface area contributed by atoms with E-state index in [0.29, 0.717) is 19.4 Å². The van der Waals surface area contributed by atoms with Gasteiger partial charge in [0.1, 0.15) is 0 Å². The first-order chi connectivity index (χ1) is 7.09. The number of carbonyl (C=O) groups excluding carboxylic acids is 2. The second-order valence-corrected chi connectivity index (χ2v) is 3.49. The van der Waals surface area contributed by atoms with Gasteiger partial charge in [-0.1, -0.05) is 6.07 Å². The van der Waals surface area contributed by atoms with Crippen LogP contribution in [0.25, 0.3) is 0 Å². The molecule has 1 heterocycles. The predicted octanol–water partition coefficient (Wildman–Crippen LogP) is -0.0190. The van der Waals surface area contributed by atoms with E-state index in [1.54, 1.807) is 0 Å². The van der Waals surface area contributed by atoms with Crippen molar-refractivity contribution in [2.75, 3.05) is 0 Å². The number of hydrogen-bond acceptors (Lipinski definition) is 2. The van der Waals surface area contributed by atoms with Crippen molar-refractivity contribution >= 4 is 11.7 Å². The van der Waals surface area contributed by atoms with Gasteiger partial charge in [-0.15, -0.1) is 0 Å². The molecule has 0 aliphatic carbocycles. The number of aromatic nitrogens is 1. The summed E-state index contributed by atoms with van der Waals surface area (Å²) in [6.45, 7) is 1.88. The molecule has 4 nitrogen and oxygen atoms in total. The molecule has 15 heavy (non-hydrogen) atoms. The Morgan fingerprint density at radius 2 is 2.13 bits per heavy atom. The van der Waals surface area contributed by atoms with E-state index in [9.17, 15) is 9.59 Å². The summed E-state index contributed by atoms with van der Waals surface area (Å²) in [7, 11) is 0. The van der Waals surface area contributed by atoms with Crippen molar-refractivity contribution in [3.8, 4) is 0 Å². The molecule has 0 fully saturated rings. The second kappa shape index (κ2) is 5.24. The first kappa shape index (κ1) is 11.4. The van der Waals surface area contributed by atoms with Crippen LogP contribution in [0.15, 0.2) is 24.4 Å². The average molecular weight is 207 g/mol. The molecular formula is C11H15N2O2+. The molecule has 4 heteroatoms. The Hall–Kier alpha value is -1.71. The zero-order valence-electron chi connectivity index (χ0n) is 8.77. The van der Waals surface area contributed by atoms with Crippen LogP contribution in [0.1, 0.15) is 19.0 Å². The van der Waals surface area contributed by atoms with Crippen LogP contribution in [-0.2, 0) is 22.6 Å². The number of hydrogen-bond donors (Lipinski definition) is 1. The van der Waals surface area contributed by atoms with Crippen molar-refractivity contribution in [3.63, 3.8) is 0 Å². The molecule has 0 radical (unpaired) electrons. The quantitative estimate of drug-likeness (QED) is 0.690. The topological polar surface area (TPSA) is 64.0 Å². The Kier molecular flexibility index (Phi) is 3.97. The van der Waals surface area contributed by atoms with Gasteiger partial charge in [0.2, 0.25) is 12.5 Å². The number of nitrogens with two attached hydrogens (primary N) is 1. The Bertz CT molecular complexity index is 375. The maximum atomic E-state index is 11.0. The molecule has 0 unspecified atom stereocenters. The van der Waals surface area contributed by atoms with Crippen molar-refractivity contribution < 1.29 is 14.2 Å². The van der Waals surface area contributed by atoms with E-state index in [2.05, 4.69) is 0 Å². The molecule has 0 bridgehead atoms. The molecule has 0 saturated carbocycles. The molecule has 1 aromatic rings. The summed E-state index contributed by atoms with van der Waals surface area (Å²) < 4.78 is 1.84. The lowest BCUT2D eigenvalue weighted by Gasteiger charge is -2.00. The number of amides is 1. The van der Waals surface area contributed by atoms with E-state index in [-0.39, 0.29) is 11.7 Å². The smallest absolute Gasteiger partial charge is 0.217 e. The van der Waals surface area contributed by atoms with Gasteiger partial charge in [-0.3, -0.25) is 9.59 Å². The van der Waals surface area contributed by atoms with E-state index in [1.807, 2.05) is 29.0 Å². The summed E-state index contributed by atoms with van der Waals surface area (Å²) >= 11 is 0. The van der Waals surface area contributed by atoms with Gasteiger partial charge < -0.3 is 5.73 Å². The summed E-state index contributed by atoms with van der Waals surface area (Å²) in [4.78, 5) is 21.6. The van der Waals surface area contributed by atoms with Crippen LogP contribution in [0.4, 0.5) is 0 Å². The number of primary amides is 1. The molecule has 0 aromatic carbocycles. The molecule has 1 aromatic heterocycles. The highest BCUT2D eigenvalue weighted by Gasteiger charge is 2.11. The standard InChI is InChI=1S/C11H14N2O2/c1-9(14)8-13-7-3-2-4-10(13)5-6-11(12)15/h2-4,7H,5-6,8H2,1H3,(H-,12,15)/p+1. The van der Waals surface area contributed by atoms with Crippen LogP contribution >= 0.6 is 0 Å². The van der Waals surface area contributed by atoms with Gasteiger partial charge in [-0.25, -0.2) is 0 Å². The monoisotopic (exact) mass is 207 g/mol. The fraction of sp³-hybridized carbons (Fsp3) is 0.364. The molecule has 0 atom stereocenters. The highest BCUT2D eigenvalue weighted by molar-refractivity contribution is 5.74.